The van der Waals surface area contributed by atoms with Gasteiger partial charge in [-0.15, -0.1) is 24.0 Å². The number of ether oxygens (including phenoxy) is 1. The molecule has 1 aromatic carbocycles. The Morgan fingerprint density at radius 1 is 1.23 bits per heavy atom. The smallest absolute Gasteiger partial charge is 0.193 e. The van der Waals surface area contributed by atoms with Crippen LogP contribution in [-0.4, -0.2) is 68.7 Å². The van der Waals surface area contributed by atoms with Gasteiger partial charge in [-0.05, 0) is 44.4 Å². The maximum atomic E-state index is 5.39. The van der Waals surface area contributed by atoms with Crippen molar-refractivity contribution in [3.63, 3.8) is 0 Å². The largest absolute Gasteiger partial charge is 0.379 e. The number of halogens is 1. The molecule has 0 unspecified atom stereocenters. The number of nitrogens with one attached hydrogen (secondary N) is 1. The molecule has 1 aromatic rings. The highest BCUT2D eigenvalue weighted by atomic mass is 127. The van der Waals surface area contributed by atoms with Gasteiger partial charge in [-0.1, -0.05) is 24.3 Å². The fourth-order valence-corrected chi connectivity index (χ4v) is 3.04. The number of rotatable bonds is 8. The summed E-state index contributed by atoms with van der Waals surface area (Å²) < 4.78 is 5.39. The first-order chi connectivity index (χ1) is 12.2. The van der Waals surface area contributed by atoms with Gasteiger partial charge in [-0.2, -0.15) is 0 Å². The topological polar surface area (TPSA) is 40.1 Å². The second kappa shape index (κ2) is 13.3. The summed E-state index contributed by atoms with van der Waals surface area (Å²) >= 11 is 0. The molecule has 0 aliphatic carbocycles. The molecule has 0 spiro atoms. The third-order valence-electron chi connectivity index (χ3n) is 4.61. The predicted octanol–water partition coefficient (Wildman–Crippen LogP) is 3.12. The Kier molecular flexibility index (Phi) is 11.9. The van der Waals surface area contributed by atoms with E-state index in [1.165, 1.54) is 17.5 Å². The van der Waals surface area contributed by atoms with Gasteiger partial charge in [-0.25, -0.2) is 0 Å². The lowest BCUT2D eigenvalue weighted by Gasteiger charge is -2.26. The van der Waals surface area contributed by atoms with Gasteiger partial charge >= 0.3 is 0 Å². The van der Waals surface area contributed by atoms with Gasteiger partial charge in [0, 0.05) is 39.8 Å². The number of nitrogens with zero attached hydrogens (tertiary/aromatic N) is 3. The Morgan fingerprint density at radius 2 is 1.96 bits per heavy atom. The first-order valence-electron chi connectivity index (χ1n) is 9.54. The lowest BCUT2D eigenvalue weighted by Crippen LogP contribution is -2.38. The highest BCUT2D eigenvalue weighted by Gasteiger charge is 2.10. The van der Waals surface area contributed by atoms with Crippen LogP contribution in [0.1, 0.15) is 30.9 Å². The van der Waals surface area contributed by atoms with Crippen LogP contribution in [0.25, 0.3) is 0 Å². The average Bonchev–Trinajstić information content (AvgIpc) is 2.63. The molecular weight excluding hydrogens is 439 g/mol. The SMILES string of the molecule is CCNC(=NCCCCN1CCOCC1)N(C)Cc1ccccc1C.I. The predicted molar refractivity (Wildman–Crippen MR) is 121 cm³/mol. The summed E-state index contributed by atoms with van der Waals surface area (Å²) in [5.74, 6) is 0.997. The van der Waals surface area contributed by atoms with E-state index >= 15 is 0 Å². The van der Waals surface area contributed by atoms with Crippen LogP contribution in [0.5, 0.6) is 0 Å². The average molecular weight is 474 g/mol. The molecule has 26 heavy (non-hydrogen) atoms. The zero-order chi connectivity index (χ0) is 17.9. The number of aryl methyl sites for hydroxylation is 1. The van der Waals surface area contributed by atoms with Crippen LogP contribution in [0, 0.1) is 6.92 Å². The number of hydrogen-bond acceptors (Lipinski definition) is 3. The van der Waals surface area contributed by atoms with Crippen molar-refractivity contribution in [2.75, 3.05) is 53.0 Å². The zero-order valence-corrected chi connectivity index (χ0v) is 18.9. The summed E-state index contributed by atoms with van der Waals surface area (Å²) in [6.07, 6.45) is 2.33. The first kappa shape index (κ1) is 23.2. The number of morpholine rings is 1. The minimum atomic E-state index is 0. The minimum Gasteiger partial charge on any atom is -0.379 e. The standard InChI is InChI=1S/C20H34N4O.HI/c1-4-21-20(23(3)17-19-10-6-5-9-18(19)2)22-11-7-8-12-24-13-15-25-16-14-24;/h5-6,9-10H,4,7-8,11-17H2,1-3H3,(H,21,22);1H. The van der Waals surface area contributed by atoms with Gasteiger partial charge in [0.1, 0.15) is 0 Å². The molecule has 1 aliphatic rings. The van der Waals surface area contributed by atoms with Crippen molar-refractivity contribution in [2.45, 2.75) is 33.2 Å². The third kappa shape index (κ3) is 8.22. The van der Waals surface area contributed by atoms with Gasteiger partial charge in [0.05, 0.1) is 13.2 Å². The fourth-order valence-electron chi connectivity index (χ4n) is 3.04. The normalized spacial score (nSPS) is 15.4. The number of benzene rings is 1. The van der Waals surface area contributed by atoms with Crippen LogP contribution in [-0.2, 0) is 11.3 Å². The van der Waals surface area contributed by atoms with Crippen molar-refractivity contribution >= 4 is 29.9 Å². The molecule has 6 heteroatoms. The van der Waals surface area contributed by atoms with Crippen molar-refractivity contribution in [3.8, 4) is 0 Å². The van der Waals surface area contributed by atoms with Gasteiger partial charge in [0.15, 0.2) is 5.96 Å². The second-order valence-electron chi connectivity index (χ2n) is 6.68. The summed E-state index contributed by atoms with van der Waals surface area (Å²) in [5.41, 5.74) is 2.68. The van der Waals surface area contributed by atoms with Gasteiger partial charge in [0.25, 0.3) is 0 Å². The van der Waals surface area contributed by atoms with Gasteiger partial charge in [0.2, 0.25) is 0 Å². The molecule has 0 bridgehead atoms. The molecule has 0 radical (unpaired) electrons. The summed E-state index contributed by atoms with van der Waals surface area (Å²) in [6, 6.07) is 8.55. The van der Waals surface area contributed by atoms with Crippen LogP contribution in [0.3, 0.4) is 0 Å². The maximum absolute atomic E-state index is 5.39. The lowest BCUT2D eigenvalue weighted by atomic mass is 10.1. The molecular formula is C20H35IN4O. The van der Waals surface area contributed by atoms with Crippen molar-refractivity contribution < 1.29 is 4.74 Å². The Hall–Kier alpha value is -0.860. The number of aliphatic imine (C=N–C) groups is 1. The molecule has 148 valence electrons. The molecule has 1 aliphatic heterocycles. The van der Waals surface area contributed by atoms with Crippen molar-refractivity contribution in [3.05, 3.63) is 35.4 Å². The Morgan fingerprint density at radius 3 is 2.65 bits per heavy atom. The lowest BCUT2D eigenvalue weighted by molar-refractivity contribution is 0.0373. The van der Waals surface area contributed by atoms with E-state index in [1.54, 1.807) is 0 Å². The second-order valence-corrected chi connectivity index (χ2v) is 6.68. The van der Waals surface area contributed by atoms with Crippen LogP contribution in [0.15, 0.2) is 29.3 Å². The van der Waals surface area contributed by atoms with Gasteiger partial charge < -0.3 is 15.0 Å². The number of hydrogen-bond donors (Lipinski definition) is 1. The highest BCUT2D eigenvalue weighted by Crippen LogP contribution is 2.09. The maximum Gasteiger partial charge on any atom is 0.193 e. The van der Waals surface area contributed by atoms with Crippen LogP contribution >= 0.6 is 24.0 Å². The summed E-state index contributed by atoms with van der Waals surface area (Å²) in [6.45, 7) is 12.0. The molecule has 0 amide bonds. The summed E-state index contributed by atoms with van der Waals surface area (Å²) in [7, 11) is 2.11. The Balaban J connectivity index is 0.00000338. The molecule has 1 saturated heterocycles. The van der Waals surface area contributed by atoms with Crippen molar-refractivity contribution in [1.82, 2.24) is 15.1 Å². The molecule has 0 aromatic heterocycles. The van der Waals surface area contributed by atoms with E-state index in [4.69, 9.17) is 9.73 Å². The molecule has 1 heterocycles. The molecule has 0 saturated carbocycles. The molecule has 1 fully saturated rings. The number of guanidine groups is 1. The van der Waals surface area contributed by atoms with E-state index in [0.717, 1.165) is 64.9 Å². The van der Waals surface area contributed by atoms with Crippen LogP contribution < -0.4 is 5.32 Å². The van der Waals surface area contributed by atoms with E-state index in [9.17, 15) is 0 Å². The van der Waals surface area contributed by atoms with Crippen molar-refractivity contribution in [1.29, 1.82) is 0 Å². The molecule has 2 rings (SSSR count). The third-order valence-corrected chi connectivity index (χ3v) is 4.61. The van der Waals surface area contributed by atoms with E-state index in [0.29, 0.717) is 0 Å². The molecule has 0 atom stereocenters. The quantitative estimate of drug-likeness (QED) is 0.272. The summed E-state index contributed by atoms with van der Waals surface area (Å²) in [4.78, 5) is 9.52. The minimum absolute atomic E-state index is 0. The Bertz CT molecular complexity index is 532. The fraction of sp³-hybridized carbons (Fsp3) is 0.650. The van der Waals surface area contributed by atoms with Crippen LogP contribution in [0.2, 0.25) is 0 Å². The van der Waals surface area contributed by atoms with E-state index < -0.39 is 0 Å². The van der Waals surface area contributed by atoms with E-state index in [1.807, 2.05) is 0 Å². The van der Waals surface area contributed by atoms with Crippen molar-refractivity contribution in [2.24, 2.45) is 4.99 Å². The summed E-state index contributed by atoms with van der Waals surface area (Å²) in [5, 5.41) is 3.41. The van der Waals surface area contributed by atoms with E-state index in [2.05, 4.69) is 60.3 Å². The van der Waals surface area contributed by atoms with Gasteiger partial charge in [-0.3, -0.25) is 9.89 Å². The number of unbranched alkanes of at least 4 members (excludes halogenated alkanes) is 1. The van der Waals surface area contributed by atoms with Crippen LogP contribution in [0.4, 0.5) is 0 Å². The van der Waals surface area contributed by atoms with E-state index in [-0.39, 0.29) is 24.0 Å². The zero-order valence-electron chi connectivity index (χ0n) is 16.5. The highest BCUT2D eigenvalue weighted by molar-refractivity contribution is 14.0. The molecule has 1 N–H and O–H groups in total. The molecule has 5 nitrogen and oxygen atoms in total. The monoisotopic (exact) mass is 474 g/mol. The Labute approximate surface area is 176 Å². The first-order valence-corrected chi connectivity index (χ1v) is 9.54.